The number of ether oxygens (including phenoxy) is 1. The van der Waals surface area contributed by atoms with Crippen molar-refractivity contribution >= 4 is 11.8 Å². The maximum Gasteiger partial charge on any atom is 0.183 e. The molecule has 0 saturated carbocycles. The Kier molecular flexibility index (Phi) is 4.68. The third-order valence-electron chi connectivity index (χ3n) is 2.91. The zero-order valence-corrected chi connectivity index (χ0v) is 12.9. The van der Waals surface area contributed by atoms with Crippen LogP contribution in [0.3, 0.4) is 0 Å². The van der Waals surface area contributed by atoms with Crippen LogP contribution in [0.5, 0.6) is 11.5 Å². The summed E-state index contributed by atoms with van der Waals surface area (Å²) in [6.45, 7) is 0. The van der Waals surface area contributed by atoms with E-state index in [0.29, 0.717) is 4.90 Å². The number of aromatic nitrogens is 2. The second-order valence-corrected chi connectivity index (χ2v) is 5.67. The highest BCUT2D eigenvalue weighted by Crippen LogP contribution is 2.32. The van der Waals surface area contributed by atoms with E-state index < -0.39 is 11.6 Å². The number of nitrogens with zero attached hydrogens (tertiary/aromatic N) is 3. The van der Waals surface area contributed by atoms with Crippen LogP contribution in [0.4, 0.5) is 8.78 Å². The molecule has 0 atom stereocenters. The Labute approximate surface area is 140 Å². The van der Waals surface area contributed by atoms with Gasteiger partial charge < -0.3 is 4.74 Å². The normalized spacial score (nSPS) is 10.2. The van der Waals surface area contributed by atoms with Crippen LogP contribution >= 0.6 is 11.8 Å². The van der Waals surface area contributed by atoms with E-state index in [2.05, 4.69) is 9.97 Å². The van der Waals surface area contributed by atoms with Crippen LogP contribution in [0.25, 0.3) is 0 Å². The molecule has 3 aromatic rings. The van der Waals surface area contributed by atoms with Gasteiger partial charge in [0.05, 0.1) is 0 Å². The lowest BCUT2D eigenvalue weighted by Crippen LogP contribution is -1.94. The maximum atomic E-state index is 13.3. The molecule has 2 heterocycles. The summed E-state index contributed by atoms with van der Waals surface area (Å²) in [5, 5.41) is 9.88. The molecule has 0 amide bonds. The highest BCUT2D eigenvalue weighted by atomic mass is 32.2. The molecule has 0 N–H and O–H groups in total. The molecule has 0 radical (unpaired) electrons. The van der Waals surface area contributed by atoms with Crippen LogP contribution in [0.1, 0.15) is 5.69 Å². The van der Waals surface area contributed by atoms with Gasteiger partial charge in [0.2, 0.25) is 0 Å². The first-order valence-electron chi connectivity index (χ1n) is 6.77. The summed E-state index contributed by atoms with van der Waals surface area (Å²) in [6, 6.07) is 12.1. The number of halogens is 2. The molecule has 0 aliphatic carbocycles. The van der Waals surface area contributed by atoms with E-state index in [1.165, 1.54) is 24.0 Å². The maximum absolute atomic E-state index is 13.3. The molecule has 3 rings (SSSR count). The van der Waals surface area contributed by atoms with Gasteiger partial charge in [-0.2, -0.15) is 5.26 Å². The van der Waals surface area contributed by atoms with Gasteiger partial charge in [0.15, 0.2) is 23.1 Å². The lowest BCUT2D eigenvalue weighted by Gasteiger charge is -2.09. The standard InChI is InChI=1S/C17H9F2N3OS/c18-13-5-4-11(7-14(13)19)23-16-8-12(10-22-15(16)9-20)24-17-3-1-2-6-21-17/h1-8,10H. The zero-order valence-electron chi connectivity index (χ0n) is 12.1. The fourth-order valence-electron chi connectivity index (χ4n) is 1.84. The summed E-state index contributed by atoms with van der Waals surface area (Å²) >= 11 is 1.34. The number of nitriles is 1. The molecule has 0 bridgehead atoms. The van der Waals surface area contributed by atoms with Crippen molar-refractivity contribution in [3.05, 3.63) is 72.2 Å². The summed E-state index contributed by atoms with van der Waals surface area (Å²) in [7, 11) is 0. The predicted octanol–water partition coefficient (Wildman–Crippen LogP) is 4.57. The molecule has 0 spiro atoms. The molecule has 1 aromatic carbocycles. The first-order chi connectivity index (χ1) is 11.7. The topological polar surface area (TPSA) is 58.8 Å². The van der Waals surface area contributed by atoms with Gasteiger partial charge in [-0.1, -0.05) is 17.8 Å². The van der Waals surface area contributed by atoms with Crippen molar-refractivity contribution < 1.29 is 13.5 Å². The van der Waals surface area contributed by atoms with Crippen LogP contribution in [0.2, 0.25) is 0 Å². The average Bonchev–Trinajstić information content (AvgIpc) is 2.59. The Hall–Kier alpha value is -2.98. The van der Waals surface area contributed by atoms with Crippen molar-refractivity contribution in [3.8, 4) is 17.6 Å². The minimum Gasteiger partial charge on any atom is -0.454 e. The van der Waals surface area contributed by atoms with Gasteiger partial charge in [0.25, 0.3) is 0 Å². The van der Waals surface area contributed by atoms with E-state index in [4.69, 9.17) is 10.00 Å². The molecule has 2 aromatic heterocycles. The second-order valence-electron chi connectivity index (χ2n) is 4.58. The summed E-state index contributed by atoms with van der Waals surface area (Å²) in [5.74, 6) is -1.77. The van der Waals surface area contributed by atoms with E-state index in [0.717, 1.165) is 17.2 Å². The molecular formula is C17H9F2N3OS. The predicted molar refractivity (Wildman–Crippen MR) is 83.7 cm³/mol. The SMILES string of the molecule is N#Cc1ncc(Sc2ccccn2)cc1Oc1ccc(F)c(F)c1. The van der Waals surface area contributed by atoms with Crippen molar-refractivity contribution in [2.45, 2.75) is 9.92 Å². The number of hydrogen-bond donors (Lipinski definition) is 0. The first-order valence-corrected chi connectivity index (χ1v) is 7.59. The summed E-state index contributed by atoms with van der Waals surface area (Å²) in [4.78, 5) is 8.92. The fraction of sp³-hybridized carbons (Fsp3) is 0. The molecule has 0 aliphatic rings. The van der Waals surface area contributed by atoms with E-state index in [1.807, 2.05) is 18.2 Å². The molecule has 24 heavy (non-hydrogen) atoms. The molecule has 4 nitrogen and oxygen atoms in total. The van der Waals surface area contributed by atoms with E-state index in [9.17, 15) is 8.78 Å². The van der Waals surface area contributed by atoms with Gasteiger partial charge in [-0.15, -0.1) is 0 Å². The summed E-state index contributed by atoms with van der Waals surface area (Å²) < 4.78 is 31.8. The van der Waals surface area contributed by atoms with Crippen molar-refractivity contribution in [1.29, 1.82) is 5.26 Å². The van der Waals surface area contributed by atoms with Gasteiger partial charge in [-0.05, 0) is 30.3 Å². The molecule has 7 heteroatoms. The largest absolute Gasteiger partial charge is 0.454 e. The third-order valence-corrected chi connectivity index (χ3v) is 3.82. The molecule has 0 unspecified atom stereocenters. The highest BCUT2D eigenvalue weighted by Gasteiger charge is 2.11. The van der Waals surface area contributed by atoms with Crippen molar-refractivity contribution in [3.63, 3.8) is 0 Å². The van der Waals surface area contributed by atoms with Gasteiger partial charge >= 0.3 is 0 Å². The molecule has 0 fully saturated rings. The summed E-state index contributed by atoms with van der Waals surface area (Å²) in [6.07, 6.45) is 3.19. The number of pyridine rings is 2. The lowest BCUT2D eigenvalue weighted by atomic mass is 10.3. The van der Waals surface area contributed by atoms with E-state index in [1.54, 1.807) is 18.3 Å². The van der Waals surface area contributed by atoms with Gasteiger partial charge in [0, 0.05) is 23.4 Å². The quantitative estimate of drug-likeness (QED) is 0.696. The van der Waals surface area contributed by atoms with E-state index >= 15 is 0 Å². The Morgan fingerprint density at radius 1 is 1.04 bits per heavy atom. The van der Waals surface area contributed by atoms with Crippen LogP contribution in [0, 0.1) is 23.0 Å². The fourth-order valence-corrected chi connectivity index (χ4v) is 2.61. The molecule has 118 valence electrons. The van der Waals surface area contributed by atoms with Crippen LogP contribution in [-0.2, 0) is 0 Å². The Balaban J connectivity index is 1.89. The van der Waals surface area contributed by atoms with Crippen molar-refractivity contribution in [2.75, 3.05) is 0 Å². The number of benzene rings is 1. The van der Waals surface area contributed by atoms with Gasteiger partial charge in [0.1, 0.15) is 16.8 Å². The molecule has 0 aliphatic heterocycles. The Morgan fingerprint density at radius 2 is 1.92 bits per heavy atom. The lowest BCUT2D eigenvalue weighted by molar-refractivity contribution is 0.457. The Morgan fingerprint density at radius 3 is 2.62 bits per heavy atom. The minimum atomic E-state index is -1.03. The molecular weight excluding hydrogens is 332 g/mol. The monoisotopic (exact) mass is 341 g/mol. The van der Waals surface area contributed by atoms with Crippen LogP contribution < -0.4 is 4.74 Å². The zero-order chi connectivity index (χ0) is 16.9. The van der Waals surface area contributed by atoms with Crippen LogP contribution in [-0.4, -0.2) is 9.97 Å². The van der Waals surface area contributed by atoms with E-state index in [-0.39, 0.29) is 17.2 Å². The van der Waals surface area contributed by atoms with Crippen molar-refractivity contribution in [2.24, 2.45) is 0 Å². The van der Waals surface area contributed by atoms with Gasteiger partial charge in [-0.3, -0.25) is 0 Å². The summed E-state index contributed by atoms with van der Waals surface area (Å²) in [5.41, 5.74) is 0.0464. The van der Waals surface area contributed by atoms with Crippen molar-refractivity contribution in [1.82, 2.24) is 9.97 Å². The van der Waals surface area contributed by atoms with Crippen LogP contribution in [0.15, 0.2) is 64.8 Å². The highest BCUT2D eigenvalue weighted by molar-refractivity contribution is 7.99. The Bertz CT molecular complexity index is 913. The third kappa shape index (κ3) is 3.67. The number of rotatable bonds is 4. The number of hydrogen-bond acceptors (Lipinski definition) is 5. The average molecular weight is 341 g/mol. The smallest absolute Gasteiger partial charge is 0.183 e. The molecule has 0 saturated heterocycles. The second kappa shape index (κ2) is 7.06. The van der Waals surface area contributed by atoms with Gasteiger partial charge in [-0.25, -0.2) is 18.7 Å². The minimum absolute atomic E-state index is 0.0464. The first kappa shape index (κ1) is 15.9.